The number of rotatable bonds is 2. The molecule has 0 radical (unpaired) electrons. The smallest absolute Gasteiger partial charge is 0.214 e. The lowest BCUT2D eigenvalue weighted by Gasteiger charge is -2.33. The van der Waals surface area contributed by atoms with E-state index in [0.29, 0.717) is 12.4 Å². The van der Waals surface area contributed by atoms with Crippen molar-refractivity contribution < 1.29 is 9.13 Å². The predicted octanol–water partition coefficient (Wildman–Crippen LogP) is 1.84. The topological polar surface area (TPSA) is 25.4 Å². The van der Waals surface area contributed by atoms with Crippen molar-refractivity contribution in [3.63, 3.8) is 0 Å². The molecule has 1 aromatic heterocycles. The van der Waals surface area contributed by atoms with Gasteiger partial charge in [-0.2, -0.15) is 4.39 Å². The van der Waals surface area contributed by atoms with Crippen LogP contribution in [0.2, 0.25) is 0 Å². The highest BCUT2D eigenvalue weighted by Gasteiger charge is 2.19. The second kappa shape index (κ2) is 4.57. The van der Waals surface area contributed by atoms with Gasteiger partial charge in [0.25, 0.3) is 0 Å². The molecule has 15 heavy (non-hydrogen) atoms. The van der Waals surface area contributed by atoms with Gasteiger partial charge in [0.05, 0.1) is 12.7 Å². The number of aromatic nitrogens is 1. The number of hydrogen-bond donors (Lipinski definition) is 0. The predicted molar refractivity (Wildman–Crippen MR) is 56.4 cm³/mol. The highest BCUT2D eigenvalue weighted by Crippen LogP contribution is 2.16. The zero-order valence-corrected chi connectivity index (χ0v) is 8.82. The number of ether oxygens (including phenoxy) is 1. The van der Waals surface area contributed by atoms with Gasteiger partial charge in [0.15, 0.2) is 0 Å². The number of halogens is 1. The molecule has 2 rings (SSSR count). The summed E-state index contributed by atoms with van der Waals surface area (Å²) in [7, 11) is 0. The summed E-state index contributed by atoms with van der Waals surface area (Å²) in [5.74, 6) is 0.281. The van der Waals surface area contributed by atoms with Gasteiger partial charge in [-0.1, -0.05) is 13.0 Å². The van der Waals surface area contributed by atoms with E-state index < -0.39 is 5.95 Å². The van der Waals surface area contributed by atoms with E-state index in [0.717, 1.165) is 19.5 Å². The van der Waals surface area contributed by atoms with Crippen LogP contribution < -0.4 is 4.90 Å². The summed E-state index contributed by atoms with van der Waals surface area (Å²) in [6.45, 7) is 4.36. The lowest BCUT2D eigenvalue weighted by Crippen LogP contribution is -2.42. The fourth-order valence-corrected chi connectivity index (χ4v) is 1.75. The van der Waals surface area contributed by atoms with Crippen molar-refractivity contribution in [1.82, 2.24) is 4.98 Å². The third-order valence-corrected chi connectivity index (χ3v) is 2.62. The molecule has 1 atom stereocenters. The Morgan fingerprint density at radius 1 is 1.60 bits per heavy atom. The van der Waals surface area contributed by atoms with Crippen LogP contribution in [0.5, 0.6) is 0 Å². The van der Waals surface area contributed by atoms with Crippen molar-refractivity contribution in [2.45, 2.75) is 19.4 Å². The Balaban J connectivity index is 2.09. The first-order valence-electron chi connectivity index (χ1n) is 5.28. The fraction of sp³-hybridized carbons (Fsp3) is 0.545. The van der Waals surface area contributed by atoms with Crippen LogP contribution in [0, 0.1) is 5.95 Å². The van der Waals surface area contributed by atoms with E-state index in [9.17, 15) is 4.39 Å². The zero-order chi connectivity index (χ0) is 10.7. The van der Waals surface area contributed by atoms with Crippen molar-refractivity contribution in [3.8, 4) is 0 Å². The highest BCUT2D eigenvalue weighted by atomic mass is 19.1. The highest BCUT2D eigenvalue weighted by molar-refractivity contribution is 5.38. The van der Waals surface area contributed by atoms with Gasteiger partial charge in [-0.25, -0.2) is 4.98 Å². The van der Waals surface area contributed by atoms with E-state index >= 15 is 0 Å². The van der Waals surface area contributed by atoms with E-state index in [-0.39, 0.29) is 6.10 Å². The standard InChI is InChI=1S/C11H15FN2O/c1-2-9-8-14(6-7-15-9)11-5-3-4-10(12)13-11/h3-5,9H,2,6-8H2,1H3. The molecule has 3 nitrogen and oxygen atoms in total. The molecule has 2 heterocycles. The number of pyridine rings is 1. The van der Waals surface area contributed by atoms with Gasteiger partial charge in [0.1, 0.15) is 5.82 Å². The van der Waals surface area contributed by atoms with Crippen LogP contribution >= 0.6 is 0 Å². The minimum Gasteiger partial charge on any atom is -0.375 e. The van der Waals surface area contributed by atoms with Gasteiger partial charge in [-0.05, 0) is 18.6 Å². The van der Waals surface area contributed by atoms with E-state index in [1.165, 1.54) is 6.07 Å². The van der Waals surface area contributed by atoms with Crippen molar-refractivity contribution in [1.29, 1.82) is 0 Å². The average molecular weight is 210 g/mol. The van der Waals surface area contributed by atoms with Crippen LogP contribution in [-0.4, -0.2) is 30.8 Å². The second-order valence-corrected chi connectivity index (χ2v) is 3.67. The van der Waals surface area contributed by atoms with Crippen molar-refractivity contribution in [3.05, 3.63) is 24.1 Å². The molecule has 1 aliphatic heterocycles. The van der Waals surface area contributed by atoms with Crippen molar-refractivity contribution in [2.24, 2.45) is 0 Å². The van der Waals surface area contributed by atoms with Crippen LogP contribution in [0.3, 0.4) is 0 Å². The minimum atomic E-state index is -0.424. The van der Waals surface area contributed by atoms with Gasteiger partial charge in [-0.3, -0.25) is 0 Å². The van der Waals surface area contributed by atoms with Crippen molar-refractivity contribution in [2.75, 3.05) is 24.6 Å². The van der Waals surface area contributed by atoms with E-state index in [1.54, 1.807) is 6.07 Å². The molecule has 1 aliphatic rings. The first kappa shape index (κ1) is 10.4. The largest absolute Gasteiger partial charge is 0.375 e. The summed E-state index contributed by atoms with van der Waals surface area (Å²) in [5, 5.41) is 0. The molecule has 0 N–H and O–H groups in total. The van der Waals surface area contributed by atoms with Crippen LogP contribution in [0.1, 0.15) is 13.3 Å². The summed E-state index contributed by atoms with van der Waals surface area (Å²) in [5.41, 5.74) is 0. The summed E-state index contributed by atoms with van der Waals surface area (Å²) in [6.07, 6.45) is 1.22. The lowest BCUT2D eigenvalue weighted by molar-refractivity contribution is 0.0381. The third-order valence-electron chi connectivity index (χ3n) is 2.62. The van der Waals surface area contributed by atoms with Crippen LogP contribution in [0.4, 0.5) is 10.2 Å². The summed E-state index contributed by atoms with van der Waals surface area (Å²) < 4.78 is 18.5. The van der Waals surface area contributed by atoms with Gasteiger partial charge in [0.2, 0.25) is 5.95 Å². The molecule has 1 unspecified atom stereocenters. The normalized spacial score (nSPS) is 21.7. The van der Waals surface area contributed by atoms with E-state index in [2.05, 4.69) is 16.8 Å². The van der Waals surface area contributed by atoms with E-state index in [1.807, 2.05) is 6.07 Å². The molecule has 1 aromatic rings. The van der Waals surface area contributed by atoms with E-state index in [4.69, 9.17) is 4.74 Å². The molecule has 0 aliphatic carbocycles. The summed E-state index contributed by atoms with van der Waals surface area (Å²) >= 11 is 0. The van der Waals surface area contributed by atoms with Gasteiger partial charge in [-0.15, -0.1) is 0 Å². The van der Waals surface area contributed by atoms with Crippen LogP contribution in [0.15, 0.2) is 18.2 Å². The van der Waals surface area contributed by atoms with Crippen LogP contribution in [-0.2, 0) is 4.74 Å². The Hall–Kier alpha value is -1.16. The molecule has 0 spiro atoms. The quantitative estimate of drug-likeness (QED) is 0.696. The molecule has 0 bridgehead atoms. The maximum Gasteiger partial charge on any atom is 0.214 e. The number of hydrogen-bond acceptors (Lipinski definition) is 3. The fourth-order valence-electron chi connectivity index (χ4n) is 1.75. The minimum absolute atomic E-state index is 0.240. The molecule has 0 saturated carbocycles. The SMILES string of the molecule is CCC1CN(c2cccc(F)n2)CCO1. The molecule has 82 valence electrons. The van der Waals surface area contributed by atoms with Gasteiger partial charge < -0.3 is 9.64 Å². The first-order valence-corrected chi connectivity index (χ1v) is 5.28. The van der Waals surface area contributed by atoms with Gasteiger partial charge >= 0.3 is 0 Å². The maximum atomic E-state index is 12.9. The Morgan fingerprint density at radius 2 is 2.47 bits per heavy atom. The number of nitrogens with zero attached hydrogens (tertiary/aromatic N) is 2. The zero-order valence-electron chi connectivity index (χ0n) is 8.82. The van der Waals surface area contributed by atoms with Gasteiger partial charge in [0, 0.05) is 13.1 Å². The Morgan fingerprint density at radius 3 is 3.20 bits per heavy atom. The molecule has 0 amide bonds. The Labute approximate surface area is 88.9 Å². The second-order valence-electron chi connectivity index (χ2n) is 3.67. The molecule has 1 fully saturated rings. The summed E-state index contributed by atoms with van der Waals surface area (Å²) in [4.78, 5) is 5.94. The Kier molecular flexibility index (Phi) is 3.16. The average Bonchev–Trinajstić information content (AvgIpc) is 2.29. The third kappa shape index (κ3) is 2.45. The maximum absolute atomic E-state index is 12.9. The molecular formula is C11H15FN2O. The van der Waals surface area contributed by atoms with Crippen LogP contribution in [0.25, 0.3) is 0 Å². The molecule has 4 heteroatoms. The molecule has 1 saturated heterocycles. The first-order chi connectivity index (χ1) is 7.29. The number of anilines is 1. The summed E-state index contributed by atoms with van der Waals surface area (Å²) in [6, 6.07) is 4.89. The lowest BCUT2D eigenvalue weighted by atomic mass is 10.2. The molecular weight excluding hydrogens is 195 g/mol. The Bertz CT molecular complexity index is 332. The molecule has 0 aromatic carbocycles. The number of morpholine rings is 1. The monoisotopic (exact) mass is 210 g/mol. The van der Waals surface area contributed by atoms with Crippen molar-refractivity contribution >= 4 is 5.82 Å².